The molecule has 5 nitrogen and oxygen atoms in total. The van der Waals surface area contributed by atoms with E-state index in [4.69, 9.17) is 27.9 Å². The van der Waals surface area contributed by atoms with Gasteiger partial charge >= 0.3 is 5.97 Å². The second kappa shape index (κ2) is 5.95. The van der Waals surface area contributed by atoms with Crippen molar-refractivity contribution >= 4 is 29.2 Å². The van der Waals surface area contributed by atoms with E-state index in [0.717, 1.165) is 0 Å². The monoisotopic (exact) mass is 297 g/mol. The minimum Gasteiger partial charge on any atom is -0.461 e. The molecule has 7 heteroatoms. The summed E-state index contributed by atoms with van der Waals surface area (Å²) in [5, 5.41) is 8.16. The maximum absolute atomic E-state index is 11.5. The number of rotatable bonds is 3. The summed E-state index contributed by atoms with van der Waals surface area (Å²) >= 11 is 11.7. The van der Waals surface area contributed by atoms with Crippen molar-refractivity contribution < 1.29 is 9.53 Å². The van der Waals surface area contributed by atoms with E-state index in [2.05, 4.69) is 15.2 Å². The predicted molar refractivity (Wildman–Crippen MR) is 71.2 cm³/mol. The number of halogens is 2. The number of nitrogens with zero attached hydrogens (tertiary/aromatic N) is 3. The molecule has 0 bridgehead atoms. The number of benzene rings is 1. The maximum Gasteiger partial charge on any atom is 0.362 e. The van der Waals surface area contributed by atoms with Crippen molar-refractivity contribution in [1.29, 1.82) is 0 Å². The number of hydrogen-bond donors (Lipinski definition) is 0. The van der Waals surface area contributed by atoms with E-state index in [9.17, 15) is 4.79 Å². The van der Waals surface area contributed by atoms with E-state index in [1.54, 1.807) is 31.2 Å². The Morgan fingerprint density at radius 3 is 2.47 bits per heavy atom. The summed E-state index contributed by atoms with van der Waals surface area (Å²) in [5.74, 6) is -0.329. The van der Waals surface area contributed by atoms with Crippen LogP contribution in [0.4, 0.5) is 0 Å². The van der Waals surface area contributed by atoms with Gasteiger partial charge in [0.2, 0.25) is 5.69 Å². The SMILES string of the molecule is CCOC(=O)c1nnc(-c2ccc(Cl)cc2)nc1Cl. The lowest BCUT2D eigenvalue weighted by molar-refractivity contribution is 0.0518. The predicted octanol–water partition coefficient (Wildman–Crippen LogP) is 3.02. The van der Waals surface area contributed by atoms with E-state index in [0.29, 0.717) is 16.4 Å². The van der Waals surface area contributed by atoms with Crippen LogP contribution in [0.15, 0.2) is 24.3 Å². The zero-order valence-electron chi connectivity index (χ0n) is 9.93. The highest BCUT2D eigenvalue weighted by molar-refractivity contribution is 6.32. The Balaban J connectivity index is 2.33. The fourth-order valence-corrected chi connectivity index (χ4v) is 1.67. The minimum atomic E-state index is -0.643. The van der Waals surface area contributed by atoms with Gasteiger partial charge in [0.05, 0.1) is 6.61 Å². The van der Waals surface area contributed by atoms with Gasteiger partial charge in [-0.3, -0.25) is 0 Å². The van der Waals surface area contributed by atoms with Crippen molar-refractivity contribution in [2.75, 3.05) is 6.61 Å². The third-order valence-electron chi connectivity index (χ3n) is 2.22. The summed E-state index contributed by atoms with van der Waals surface area (Å²) in [7, 11) is 0. The lowest BCUT2D eigenvalue weighted by Crippen LogP contribution is -2.10. The summed E-state index contributed by atoms with van der Waals surface area (Å²) < 4.78 is 4.79. The van der Waals surface area contributed by atoms with Crippen LogP contribution in [0.2, 0.25) is 10.2 Å². The van der Waals surface area contributed by atoms with Crippen molar-refractivity contribution in [2.45, 2.75) is 6.92 Å². The largest absolute Gasteiger partial charge is 0.461 e. The quantitative estimate of drug-likeness (QED) is 0.815. The molecule has 0 unspecified atom stereocenters. The molecular weight excluding hydrogens is 289 g/mol. The molecule has 2 rings (SSSR count). The number of carbonyl (C=O) groups is 1. The summed E-state index contributed by atoms with van der Waals surface area (Å²) in [6, 6.07) is 6.88. The van der Waals surface area contributed by atoms with Crippen LogP contribution in [0.1, 0.15) is 17.4 Å². The molecule has 0 aliphatic carbocycles. The van der Waals surface area contributed by atoms with Crippen LogP contribution < -0.4 is 0 Å². The summed E-state index contributed by atoms with van der Waals surface area (Å²) in [4.78, 5) is 15.5. The Bertz CT molecular complexity index is 602. The van der Waals surface area contributed by atoms with Crippen LogP contribution in [0.25, 0.3) is 11.4 Å². The molecule has 0 radical (unpaired) electrons. The van der Waals surface area contributed by atoms with Gasteiger partial charge in [-0.25, -0.2) is 9.78 Å². The highest BCUT2D eigenvalue weighted by Gasteiger charge is 2.17. The van der Waals surface area contributed by atoms with Crippen LogP contribution in [-0.2, 0) is 4.74 Å². The van der Waals surface area contributed by atoms with Gasteiger partial charge in [0.15, 0.2) is 11.0 Å². The van der Waals surface area contributed by atoms with Crippen molar-refractivity contribution in [3.63, 3.8) is 0 Å². The second-order valence-electron chi connectivity index (χ2n) is 3.50. The Hall–Kier alpha value is -1.72. The van der Waals surface area contributed by atoms with Gasteiger partial charge in [-0.2, -0.15) is 0 Å². The topological polar surface area (TPSA) is 65.0 Å². The van der Waals surface area contributed by atoms with Crippen molar-refractivity contribution in [3.05, 3.63) is 40.1 Å². The van der Waals surface area contributed by atoms with E-state index in [1.165, 1.54) is 0 Å². The molecule has 1 aromatic heterocycles. The molecule has 0 amide bonds. The first-order chi connectivity index (χ1) is 9.11. The molecule has 0 N–H and O–H groups in total. The van der Waals surface area contributed by atoms with E-state index in [-0.39, 0.29) is 17.5 Å². The van der Waals surface area contributed by atoms with Gasteiger partial charge in [0, 0.05) is 10.6 Å². The molecule has 1 aromatic carbocycles. The average molecular weight is 298 g/mol. The molecule has 0 saturated heterocycles. The van der Waals surface area contributed by atoms with Gasteiger partial charge in [-0.15, -0.1) is 10.2 Å². The zero-order valence-corrected chi connectivity index (χ0v) is 11.4. The number of aromatic nitrogens is 3. The molecule has 0 aliphatic rings. The lowest BCUT2D eigenvalue weighted by atomic mass is 10.2. The van der Waals surface area contributed by atoms with Crippen LogP contribution in [0.3, 0.4) is 0 Å². The van der Waals surface area contributed by atoms with E-state index < -0.39 is 5.97 Å². The van der Waals surface area contributed by atoms with E-state index in [1.807, 2.05) is 0 Å². The Morgan fingerprint density at radius 1 is 1.21 bits per heavy atom. The molecule has 19 heavy (non-hydrogen) atoms. The third-order valence-corrected chi connectivity index (χ3v) is 2.73. The van der Waals surface area contributed by atoms with Crippen molar-refractivity contribution in [1.82, 2.24) is 15.2 Å². The normalized spacial score (nSPS) is 10.3. The molecule has 0 fully saturated rings. The summed E-state index contributed by atoms with van der Waals surface area (Å²) in [5.41, 5.74) is 0.607. The molecule has 0 spiro atoms. The first kappa shape index (κ1) is 13.7. The highest BCUT2D eigenvalue weighted by Crippen LogP contribution is 2.20. The minimum absolute atomic E-state index is 0.0431. The van der Waals surface area contributed by atoms with Gasteiger partial charge in [-0.1, -0.05) is 23.2 Å². The number of carbonyl (C=O) groups excluding carboxylic acids is 1. The van der Waals surface area contributed by atoms with Crippen LogP contribution >= 0.6 is 23.2 Å². The average Bonchev–Trinajstić information content (AvgIpc) is 2.39. The van der Waals surface area contributed by atoms with E-state index >= 15 is 0 Å². The molecule has 0 aliphatic heterocycles. The van der Waals surface area contributed by atoms with Crippen molar-refractivity contribution in [3.8, 4) is 11.4 Å². The molecular formula is C12H9Cl2N3O2. The first-order valence-corrected chi connectivity index (χ1v) is 6.20. The number of esters is 1. The molecule has 0 saturated carbocycles. The first-order valence-electron chi connectivity index (χ1n) is 5.45. The summed E-state index contributed by atoms with van der Waals surface area (Å²) in [6.07, 6.45) is 0. The Morgan fingerprint density at radius 2 is 1.89 bits per heavy atom. The highest BCUT2D eigenvalue weighted by atomic mass is 35.5. The van der Waals surface area contributed by atoms with Crippen LogP contribution in [0.5, 0.6) is 0 Å². The standard InChI is InChI=1S/C12H9Cl2N3O2/c1-2-19-12(18)9-10(14)15-11(17-16-9)7-3-5-8(13)6-4-7/h3-6H,2H2,1H3. The smallest absolute Gasteiger partial charge is 0.362 e. The Kier molecular flexibility index (Phi) is 4.29. The fraction of sp³-hybridized carbons (Fsp3) is 0.167. The third kappa shape index (κ3) is 3.19. The fourth-order valence-electron chi connectivity index (χ4n) is 1.35. The molecule has 1 heterocycles. The lowest BCUT2D eigenvalue weighted by Gasteiger charge is -2.04. The Labute approximate surface area is 119 Å². The number of hydrogen-bond acceptors (Lipinski definition) is 5. The molecule has 98 valence electrons. The molecule has 0 atom stereocenters. The van der Waals surface area contributed by atoms with Gasteiger partial charge in [0.1, 0.15) is 0 Å². The number of ether oxygens (including phenoxy) is 1. The van der Waals surface area contributed by atoms with Gasteiger partial charge in [-0.05, 0) is 31.2 Å². The van der Waals surface area contributed by atoms with Crippen molar-refractivity contribution in [2.24, 2.45) is 0 Å². The zero-order chi connectivity index (χ0) is 13.8. The summed E-state index contributed by atoms with van der Waals surface area (Å²) in [6.45, 7) is 1.92. The second-order valence-corrected chi connectivity index (χ2v) is 4.30. The molecule has 2 aromatic rings. The van der Waals surface area contributed by atoms with Crippen LogP contribution in [0, 0.1) is 0 Å². The van der Waals surface area contributed by atoms with Gasteiger partial charge in [0.25, 0.3) is 0 Å². The van der Waals surface area contributed by atoms with Gasteiger partial charge < -0.3 is 4.74 Å². The van der Waals surface area contributed by atoms with Crippen LogP contribution in [-0.4, -0.2) is 27.8 Å². The maximum atomic E-state index is 11.5.